The molecule has 1 amide bonds. The predicted octanol–water partition coefficient (Wildman–Crippen LogP) is 5.59. The van der Waals surface area contributed by atoms with Crippen LogP contribution in [-0.4, -0.2) is 40.4 Å². The van der Waals surface area contributed by atoms with Crippen LogP contribution in [0.3, 0.4) is 0 Å². The lowest BCUT2D eigenvalue weighted by Crippen LogP contribution is -2.49. The van der Waals surface area contributed by atoms with Crippen LogP contribution in [0.4, 0.5) is 11.4 Å². The largest absolute Gasteiger partial charge is 0.497 e. The van der Waals surface area contributed by atoms with Crippen molar-refractivity contribution in [1.29, 1.82) is 0 Å². The maximum absolute atomic E-state index is 14.9. The molecule has 0 unspecified atom stereocenters. The molecule has 7 rings (SSSR count). The fraction of sp³-hybridized carbons (Fsp3) is 0.147. The molecule has 3 aliphatic heterocycles. The number of nitro groups is 1. The van der Waals surface area contributed by atoms with Gasteiger partial charge in [-0.2, -0.15) is 0 Å². The molecule has 1 fully saturated rings. The van der Waals surface area contributed by atoms with Crippen molar-refractivity contribution < 1.29 is 24.0 Å². The summed E-state index contributed by atoms with van der Waals surface area (Å²) < 4.78 is 5.40. The van der Waals surface area contributed by atoms with Crippen LogP contribution in [0, 0.1) is 16.0 Å². The van der Waals surface area contributed by atoms with Crippen molar-refractivity contribution in [3.05, 3.63) is 141 Å². The number of hydrogen-bond acceptors (Lipinski definition) is 7. The maximum atomic E-state index is 14.9. The van der Waals surface area contributed by atoms with Gasteiger partial charge in [-0.25, -0.2) is 0 Å². The number of nitro benzene ring substituents is 1. The highest BCUT2D eigenvalue weighted by atomic mass is 16.6. The van der Waals surface area contributed by atoms with E-state index in [0.717, 1.165) is 11.1 Å². The summed E-state index contributed by atoms with van der Waals surface area (Å²) in [6.45, 7) is 0. The van der Waals surface area contributed by atoms with Gasteiger partial charge < -0.3 is 15.0 Å². The van der Waals surface area contributed by atoms with Gasteiger partial charge in [0.2, 0.25) is 5.91 Å². The topological polar surface area (TPSA) is 119 Å². The van der Waals surface area contributed by atoms with E-state index in [9.17, 15) is 24.5 Å². The number of non-ortho nitro benzene ring substituents is 1. The Labute approximate surface area is 246 Å². The van der Waals surface area contributed by atoms with E-state index in [1.54, 1.807) is 41.4 Å². The lowest BCUT2D eigenvalue weighted by atomic mass is 9.62. The lowest BCUT2D eigenvalue weighted by Gasteiger charge is -2.38. The highest BCUT2D eigenvalue weighted by molar-refractivity contribution is 6.16. The summed E-state index contributed by atoms with van der Waals surface area (Å²) >= 11 is 0. The maximum Gasteiger partial charge on any atom is 0.270 e. The second-order valence-electron chi connectivity index (χ2n) is 10.9. The van der Waals surface area contributed by atoms with Gasteiger partial charge in [0.1, 0.15) is 17.2 Å². The number of amides is 1. The van der Waals surface area contributed by atoms with Crippen LogP contribution < -0.4 is 10.1 Å². The van der Waals surface area contributed by atoms with Gasteiger partial charge in [0.15, 0.2) is 11.6 Å². The Morgan fingerprint density at radius 3 is 2.42 bits per heavy atom. The number of nitrogens with one attached hydrogen (secondary N) is 1. The molecule has 4 aromatic carbocycles. The third-order valence-corrected chi connectivity index (χ3v) is 8.82. The minimum atomic E-state index is -1.50. The smallest absolute Gasteiger partial charge is 0.270 e. The molecule has 4 aromatic rings. The fourth-order valence-electron chi connectivity index (χ4n) is 7.07. The van der Waals surface area contributed by atoms with Crippen molar-refractivity contribution in [2.45, 2.75) is 17.5 Å². The summed E-state index contributed by atoms with van der Waals surface area (Å²) in [5, 5.41) is 14.6. The van der Waals surface area contributed by atoms with Gasteiger partial charge in [-0.05, 0) is 41.0 Å². The van der Waals surface area contributed by atoms with E-state index >= 15 is 0 Å². The number of Topliss-reactive ketones (excluding diaryl/α,β-unsaturated/α-hetero) is 2. The monoisotopic (exact) mass is 571 g/mol. The summed E-state index contributed by atoms with van der Waals surface area (Å²) in [6.07, 6.45) is 3.63. The molecule has 1 saturated heterocycles. The van der Waals surface area contributed by atoms with Gasteiger partial charge in [0.25, 0.3) is 5.69 Å². The van der Waals surface area contributed by atoms with E-state index in [0.29, 0.717) is 17.0 Å². The number of nitrogens with zero attached hydrogens (tertiary/aromatic N) is 2. The van der Waals surface area contributed by atoms with Crippen LogP contribution >= 0.6 is 0 Å². The third kappa shape index (κ3) is 3.74. The Morgan fingerprint density at radius 1 is 0.907 bits per heavy atom. The molecule has 9 nitrogen and oxygen atoms in total. The number of ketones is 2. The standard InChI is InChI=1S/C34H25N3O6/c1-43-24-12-7-10-22(19-24)30(38)28-29(31(39)21-9-6-11-23(18-21)37(41)42)36-17-16-20-8-2-3-13-25(20)32(36)34(28)26-14-4-5-15-27(26)35-33(34)40/h2-19,28-29,32H,1H3,(H,35,40)/t28-,29+,32-,34-/m1/s1. The first-order valence-corrected chi connectivity index (χ1v) is 13.8. The van der Waals surface area contributed by atoms with Gasteiger partial charge in [0.05, 0.1) is 24.0 Å². The first kappa shape index (κ1) is 26.3. The number of anilines is 1. The number of fused-ring (bicyclic) bond motifs is 6. The van der Waals surface area contributed by atoms with Gasteiger partial charge in [-0.15, -0.1) is 0 Å². The first-order valence-electron chi connectivity index (χ1n) is 13.8. The van der Waals surface area contributed by atoms with Crippen molar-refractivity contribution in [1.82, 2.24) is 4.90 Å². The molecule has 43 heavy (non-hydrogen) atoms. The van der Waals surface area contributed by atoms with Crippen molar-refractivity contribution >= 4 is 34.9 Å². The van der Waals surface area contributed by atoms with Crippen LogP contribution in [0.25, 0.3) is 6.08 Å². The quantitative estimate of drug-likeness (QED) is 0.182. The van der Waals surface area contributed by atoms with E-state index in [2.05, 4.69) is 5.32 Å². The molecule has 4 atom stereocenters. The number of rotatable bonds is 6. The van der Waals surface area contributed by atoms with E-state index < -0.39 is 39.9 Å². The number of hydrogen-bond donors (Lipinski definition) is 1. The molecule has 212 valence electrons. The number of ether oxygens (including phenoxy) is 1. The Balaban J connectivity index is 1.53. The first-order chi connectivity index (χ1) is 20.9. The summed E-state index contributed by atoms with van der Waals surface area (Å²) in [5.74, 6) is -2.03. The zero-order chi connectivity index (χ0) is 29.9. The number of methoxy groups -OCH3 is 1. The second kappa shape index (κ2) is 9.77. The van der Waals surface area contributed by atoms with Crippen LogP contribution in [0.2, 0.25) is 0 Å². The molecule has 0 aliphatic carbocycles. The molecule has 0 radical (unpaired) electrons. The van der Waals surface area contributed by atoms with Gasteiger partial charge in [0, 0.05) is 35.1 Å². The van der Waals surface area contributed by atoms with Crippen LogP contribution in [0.5, 0.6) is 5.75 Å². The molecular formula is C34H25N3O6. The van der Waals surface area contributed by atoms with Crippen LogP contribution in [0.15, 0.2) is 103 Å². The molecule has 1 N–H and O–H groups in total. The molecule has 3 heterocycles. The molecule has 0 aromatic heterocycles. The SMILES string of the molecule is COc1cccc(C(=O)[C@H]2[C@@H](C(=O)c3cccc([N+](=O)[O-])c3)N3C=Cc4ccccc4[C@@H]3[C@]23C(=O)Nc2ccccc23)c1. The minimum Gasteiger partial charge on any atom is -0.497 e. The number of para-hydroxylation sites is 1. The van der Waals surface area contributed by atoms with Crippen molar-refractivity contribution in [3.63, 3.8) is 0 Å². The van der Waals surface area contributed by atoms with E-state index in [1.807, 2.05) is 48.5 Å². The molecule has 0 saturated carbocycles. The van der Waals surface area contributed by atoms with Gasteiger partial charge >= 0.3 is 0 Å². The highest BCUT2D eigenvalue weighted by Crippen LogP contribution is 2.62. The molecule has 9 heteroatoms. The fourth-order valence-corrected chi connectivity index (χ4v) is 7.07. The summed E-state index contributed by atoms with van der Waals surface area (Å²) in [5.41, 5.74) is 1.49. The van der Waals surface area contributed by atoms with E-state index in [1.165, 1.54) is 31.4 Å². The van der Waals surface area contributed by atoms with E-state index in [-0.39, 0.29) is 22.7 Å². The van der Waals surface area contributed by atoms with Crippen LogP contribution in [-0.2, 0) is 10.2 Å². The Bertz CT molecular complexity index is 1880. The number of carbonyl (C=O) groups is 3. The summed E-state index contributed by atoms with van der Waals surface area (Å²) in [6, 6.07) is 25.1. The average Bonchev–Trinajstić information content (AvgIpc) is 3.52. The predicted molar refractivity (Wildman–Crippen MR) is 159 cm³/mol. The Hall–Kier alpha value is -5.57. The van der Waals surface area contributed by atoms with Crippen molar-refractivity contribution in [2.75, 3.05) is 12.4 Å². The summed E-state index contributed by atoms with van der Waals surface area (Å²) in [4.78, 5) is 56.8. The van der Waals surface area contributed by atoms with Gasteiger partial charge in [-0.1, -0.05) is 66.7 Å². The van der Waals surface area contributed by atoms with E-state index in [4.69, 9.17) is 4.74 Å². The normalized spacial score (nSPS) is 22.9. The van der Waals surface area contributed by atoms with Crippen LogP contribution in [0.1, 0.15) is 43.4 Å². The second-order valence-corrected chi connectivity index (χ2v) is 10.9. The molecular weight excluding hydrogens is 546 g/mol. The Morgan fingerprint density at radius 2 is 1.63 bits per heavy atom. The van der Waals surface area contributed by atoms with Gasteiger partial charge in [-0.3, -0.25) is 24.5 Å². The zero-order valence-electron chi connectivity index (χ0n) is 23.0. The molecule has 1 spiro atoms. The summed E-state index contributed by atoms with van der Waals surface area (Å²) in [7, 11) is 1.50. The zero-order valence-corrected chi connectivity index (χ0v) is 23.0. The Kier molecular flexibility index (Phi) is 5.98. The third-order valence-electron chi connectivity index (χ3n) is 8.82. The number of benzene rings is 4. The molecule has 0 bridgehead atoms. The van der Waals surface area contributed by atoms with Crippen molar-refractivity contribution in [3.8, 4) is 5.75 Å². The number of carbonyl (C=O) groups excluding carboxylic acids is 3. The minimum absolute atomic E-state index is 0.0809. The lowest BCUT2D eigenvalue weighted by molar-refractivity contribution is -0.384. The average molecular weight is 572 g/mol. The van der Waals surface area contributed by atoms with Crippen molar-refractivity contribution in [2.24, 2.45) is 5.92 Å². The molecule has 3 aliphatic rings. The highest BCUT2D eigenvalue weighted by Gasteiger charge is 2.70.